The highest BCUT2D eigenvalue weighted by molar-refractivity contribution is 9.11. The molecule has 2 rings (SSSR count). The molecular weight excluding hydrogens is 300 g/mol. The monoisotopic (exact) mass is 316 g/mol. The van der Waals surface area contributed by atoms with E-state index in [1.165, 1.54) is 10.4 Å². The maximum atomic E-state index is 12.1. The number of carbonyl (C=O) groups is 1. The van der Waals surface area contributed by atoms with E-state index in [0.717, 1.165) is 16.8 Å². The summed E-state index contributed by atoms with van der Waals surface area (Å²) in [4.78, 5) is 15.4. The Morgan fingerprint density at radius 1 is 1.59 bits per heavy atom. The van der Waals surface area contributed by atoms with Crippen molar-refractivity contribution in [2.45, 2.75) is 32.9 Å². The van der Waals surface area contributed by atoms with Gasteiger partial charge in [-0.2, -0.15) is 0 Å². The van der Waals surface area contributed by atoms with E-state index >= 15 is 0 Å². The Bertz CT molecular complexity index is 430. The topological polar surface area (TPSA) is 46.3 Å². The molecule has 0 aliphatic carbocycles. The zero-order valence-corrected chi connectivity index (χ0v) is 12.5. The summed E-state index contributed by atoms with van der Waals surface area (Å²) in [7, 11) is 0. The number of fused-ring (bicyclic) bond motifs is 1. The van der Waals surface area contributed by atoms with Gasteiger partial charge < -0.3 is 10.6 Å². The summed E-state index contributed by atoms with van der Waals surface area (Å²) in [6.07, 6.45) is 0.947. The minimum absolute atomic E-state index is 0.0768. The van der Waals surface area contributed by atoms with E-state index < -0.39 is 0 Å². The third-order valence-corrected chi connectivity index (χ3v) is 4.89. The molecule has 2 heterocycles. The highest BCUT2D eigenvalue weighted by Crippen LogP contribution is 2.31. The fourth-order valence-corrected chi connectivity index (χ4v) is 3.73. The molecule has 1 amide bonds. The predicted molar refractivity (Wildman–Crippen MR) is 74.0 cm³/mol. The van der Waals surface area contributed by atoms with Crippen molar-refractivity contribution in [3.05, 3.63) is 20.3 Å². The molecule has 94 valence electrons. The Labute approximate surface area is 114 Å². The van der Waals surface area contributed by atoms with Crippen LogP contribution in [0.4, 0.5) is 0 Å². The number of rotatable bonds is 2. The van der Waals surface area contributed by atoms with E-state index in [9.17, 15) is 4.79 Å². The number of hydrogen-bond donors (Lipinski definition) is 1. The van der Waals surface area contributed by atoms with Crippen molar-refractivity contribution in [3.63, 3.8) is 0 Å². The molecule has 0 radical (unpaired) electrons. The Hall–Kier alpha value is -0.390. The van der Waals surface area contributed by atoms with Gasteiger partial charge in [0.25, 0.3) is 0 Å². The molecule has 0 fully saturated rings. The lowest BCUT2D eigenvalue weighted by Crippen LogP contribution is -2.47. The van der Waals surface area contributed by atoms with Crippen molar-refractivity contribution in [1.29, 1.82) is 0 Å². The summed E-state index contributed by atoms with van der Waals surface area (Å²) in [6, 6.07) is 1.74. The zero-order chi connectivity index (χ0) is 12.6. The van der Waals surface area contributed by atoms with E-state index in [4.69, 9.17) is 5.73 Å². The van der Waals surface area contributed by atoms with E-state index in [1.54, 1.807) is 11.3 Å². The number of nitrogens with two attached hydrogens (primary N) is 1. The van der Waals surface area contributed by atoms with Gasteiger partial charge in [0.2, 0.25) is 5.91 Å². The van der Waals surface area contributed by atoms with E-state index in [1.807, 2.05) is 18.7 Å². The lowest BCUT2D eigenvalue weighted by Gasteiger charge is -2.30. The van der Waals surface area contributed by atoms with E-state index in [2.05, 4.69) is 22.0 Å². The molecule has 1 aliphatic rings. The van der Waals surface area contributed by atoms with Crippen LogP contribution in [0.1, 0.15) is 24.3 Å². The molecule has 1 aromatic heterocycles. The molecule has 0 saturated heterocycles. The molecule has 17 heavy (non-hydrogen) atoms. The Balaban J connectivity index is 2.09. The number of halogens is 1. The molecule has 0 bridgehead atoms. The second kappa shape index (κ2) is 5.08. The fourth-order valence-electron chi connectivity index (χ4n) is 1.98. The summed E-state index contributed by atoms with van der Waals surface area (Å²) in [6.45, 7) is 5.47. The average Bonchev–Trinajstić information content (AvgIpc) is 2.65. The lowest BCUT2D eigenvalue weighted by atomic mass is 10.0. The standard InChI is InChI=1S/C12H17BrN2OS/c1-7(2)11(14)12(16)15-4-3-9-8(6-15)5-10(13)17-9/h5,7,11H,3-4,6,14H2,1-2H3/t11-/m0/s1. The van der Waals surface area contributed by atoms with Gasteiger partial charge in [-0.3, -0.25) is 4.79 Å². The van der Waals surface area contributed by atoms with Gasteiger partial charge in [-0.25, -0.2) is 0 Å². The van der Waals surface area contributed by atoms with Crippen LogP contribution >= 0.6 is 27.3 Å². The number of nitrogens with zero attached hydrogens (tertiary/aromatic N) is 1. The largest absolute Gasteiger partial charge is 0.337 e. The SMILES string of the molecule is CC(C)[C@H](N)C(=O)N1CCc2sc(Br)cc2C1. The van der Waals surface area contributed by atoms with Crippen LogP contribution in [0, 0.1) is 5.92 Å². The first-order valence-electron chi connectivity index (χ1n) is 5.80. The molecule has 3 nitrogen and oxygen atoms in total. The third kappa shape index (κ3) is 2.72. The summed E-state index contributed by atoms with van der Waals surface area (Å²) in [5.41, 5.74) is 7.18. The van der Waals surface area contributed by atoms with Crippen molar-refractivity contribution in [3.8, 4) is 0 Å². The van der Waals surface area contributed by atoms with Gasteiger partial charge in [0.05, 0.1) is 9.83 Å². The Morgan fingerprint density at radius 2 is 2.29 bits per heavy atom. The van der Waals surface area contributed by atoms with Gasteiger partial charge in [-0.05, 0) is 39.9 Å². The quantitative estimate of drug-likeness (QED) is 0.910. The molecule has 0 aromatic carbocycles. The van der Waals surface area contributed by atoms with Crippen LogP contribution in [-0.2, 0) is 17.8 Å². The van der Waals surface area contributed by atoms with Gasteiger partial charge in [-0.15, -0.1) is 11.3 Å². The van der Waals surface area contributed by atoms with Crippen molar-refractivity contribution >= 4 is 33.2 Å². The predicted octanol–water partition coefficient (Wildman–Crippen LogP) is 2.38. The molecule has 1 atom stereocenters. The highest BCUT2D eigenvalue weighted by atomic mass is 79.9. The summed E-state index contributed by atoms with van der Waals surface area (Å²) in [5.74, 6) is 0.270. The first-order valence-corrected chi connectivity index (χ1v) is 7.41. The third-order valence-electron chi connectivity index (χ3n) is 3.15. The molecule has 1 aromatic rings. The number of thiophene rings is 1. The van der Waals surface area contributed by atoms with Gasteiger partial charge in [-0.1, -0.05) is 13.8 Å². The summed E-state index contributed by atoms with van der Waals surface area (Å²) in [5, 5.41) is 0. The fraction of sp³-hybridized carbons (Fsp3) is 0.583. The molecule has 5 heteroatoms. The van der Waals surface area contributed by atoms with Crippen LogP contribution in [-0.4, -0.2) is 23.4 Å². The van der Waals surface area contributed by atoms with Gasteiger partial charge >= 0.3 is 0 Å². The Kier molecular flexibility index (Phi) is 3.90. The van der Waals surface area contributed by atoms with Crippen LogP contribution in [0.15, 0.2) is 9.85 Å². The van der Waals surface area contributed by atoms with Crippen LogP contribution in [0.25, 0.3) is 0 Å². The number of hydrogen-bond acceptors (Lipinski definition) is 3. The van der Waals surface area contributed by atoms with Crippen molar-refractivity contribution in [2.75, 3.05) is 6.54 Å². The highest BCUT2D eigenvalue weighted by Gasteiger charge is 2.27. The first kappa shape index (κ1) is 13.1. The summed E-state index contributed by atoms with van der Waals surface area (Å²) < 4.78 is 1.14. The maximum Gasteiger partial charge on any atom is 0.240 e. The maximum absolute atomic E-state index is 12.1. The van der Waals surface area contributed by atoms with Gasteiger partial charge in [0, 0.05) is 18.0 Å². The first-order chi connectivity index (χ1) is 7.99. The smallest absolute Gasteiger partial charge is 0.240 e. The second-order valence-electron chi connectivity index (χ2n) is 4.78. The molecular formula is C12H17BrN2OS. The van der Waals surface area contributed by atoms with E-state index in [0.29, 0.717) is 6.54 Å². The second-order valence-corrected chi connectivity index (χ2v) is 7.29. The Morgan fingerprint density at radius 3 is 2.94 bits per heavy atom. The molecule has 1 aliphatic heterocycles. The zero-order valence-electron chi connectivity index (χ0n) is 10.1. The van der Waals surface area contributed by atoms with Crippen LogP contribution in [0.3, 0.4) is 0 Å². The van der Waals surface area contributed by atoms with Crippen LogP contribution in [0.2, 0.25) is 0 Å². The van der Waals surface area contributed by atoms with Crippen molar-refractivity contribution in [1.82, 2.24) is 4.90 Å². The molecule has 0 spiro atoms. The normalized spacial score (nSPS) is 17.1. The minimum Gasteiger partial charge on any atom is -0.337 e. The van der Waals surface area contributed by atoms with Gasteiger partial charge in [0.1, 0.15) is 0 Å². The minimum atomic E-state index is -0.376. The van der Waals surface area contributed by atoms with Gasteiger partial charge in [0.15, 0.2) is 0 Å². The molecule has 0 saturated carbocycles. The van der Waals surface area contributed by atoms with Crippen LogP contribution in [0.5, 0.6) is 0 Å². The van der Waals surface area contributed by atoms with E-state index in [-0.39, 0.29) is 17.9 Å². The van der Waals surface area contributed by atoms with Crippen molar-refractivity contribution < 1.29 is 4.79 Å². The van der Waals surface area contributed by atoms with Crippen molar-refractivity contribution in [2.24, 2.45) is 11.7 Å². The van der Waals surface area contributed by atoms with Crippen LogP contribution < -0.4 is 5.73 Å². The number of carbonyl (C=O) groups excluding carboxylic acids is 1. The summed E-state index contributed by atoms with van der Waals surface area (Å²) >= 11 is 5.26. The molecule has 0 unspecified atom stereocenters. The lowest BCUT2D eigenvalue weighted by molar-refractivity contribution is -0.134. The number of amides is 1. The molecule has 2 N–H and O–H groups in total. The average molecular weight is 317 g/mol.